The van der Waals surface area contributed by atoms with E-state index in [-0.39, 0.29) is 0 Å². The molecule has 1 heterocycles. The van der Waals surface area contributed by atoms with Crippen LogP contribution >= 0.6 is 11.3 Å². The van der Waals surface area contributed by atoms with Gasteiger partial charge in [-0.25, -0.2) is 0 Å². The molecule has 0 unspecified atom stereocenters. The molecule has 12 heavy (non-hydrogen) atoms. The van der Waals surface area contributed by atoms with Gasteiger partial charge in [0.15, 0.2) is 0 Å². The summed E-state index contributed by atoms with van der Waals surface area (Å²) in [5, 5.41) is 4.44. The van der Waals surface area contributed by atoms with E-state index in [1.807, 2.05) is 0 Å². The van der Waals surface area contributed by atoms with Gasteiger partial charge in [-0.3, -0.25) is 0 Å². The summed E-state index contributed by atoms with van der Waals surface area (Å²) in [6.45, 7) is 0. The van der Waals surface area contributed by atoms with Gasteiger partial charge in [-0.05, 0) is 54.0 Å². The Hall–Kier alpha value is -0.560. The Bertz CT molecular complexity index is 238. The number of aryl methyl sites for hydroxylation is 1. The first-order valence-corrected chi connectivity index (χ1v) is 5.55. The van der Waals surface area contributed by atoms with Gasteiger partial charge in [-0.1, -0.05) is 12.2 Å². The molecule has 0 bridgehead atoms. The lowest BCUT2D eigenvalue weighted by atomic mass is 9.99. The van der Waals surface area contributed by atoms with E-state index in [4.69, 9.17) is 0 Å². The maximum absolute atomic E-state index is 2.32. The van der Waals surface area contributed by atoms with Gasteiger partial charge in [0, 0.05) is 0 Å². The van der Waals surface area contributed by atoms with E-state index < -0.39 is 0 Å². The molecule has 0 radical (unpaired) electrons. The van der Waals surface area contributed by atoms with Gasteiger partial charge in [0.05, 0.1) is 0 Å². The highest BCUT2D eigenvalue weighted by Crippen LogP contribution is 2.23. The Kier molecular flexibility index (Phi) is 2.62. The molecule has 0 amide bonds. The van der Waals surface area contributed by atoms with E-state index in [0.29, 0.717) is 0 Å². The zero-order valence-corrected chi connectivity index (χ0v) is 8.02. The van der Waals surface area contributed by atoms with Gasteiger partial charge < -0.3 is 0 Å². The minimum Gasteiger partial charge on any atom is -0.152 e. The third kappa shape index (κ3) is 1.98. The van der Waals surface area contributed by atoms with Crippen molar-refractivity contribution in [2.75, 3.05) is 0 Å². The second-order valence-electron chi connectivity index (χ2n) is 3.48. The predicted molar refractivity (Wildman–Crippen MR) is 54.5 cm³/mol. The molecule has 1 aromatic heterocycles. The maximum Gasteiger partial charge on any atom is -0.00613 e. The summed E-state index contributed by atoms with van der Waals surface area (Å²) in [7, 11) is 0. The van der Waals surface area contributed by atoms with E-state index in [1.54, 1.807) is 11.3 Å². The average molecular weight is 178 g/mol. The number of allylic oxidation sites excluding steroid dienone is 2. The van der Waals surface area contributed by atoms with Gasteiger partial charge >= 0.3 is 0 Å². The molecule has 1 heteroatoms. The van der Waals surface area contributed by atoms with Crippen LogP contribution in [-0.2, 0) is 6.42 Å². The quantitative estimate of drug-likeness (QED) is 0.620. The fraction of sp³-hybridized carbons (Fsp3) is 0.455. The number of thiophene rings is 1. The van der Waals surface area contributed by atoms with E-state index in [1.165, 1.54) is 31.2 Å². The van der Waals surface area contributed by atoms with E-state index in [9.17, 15) is 0 Å². The summed E-state index contributed by atoms with van der Waals surface area (Å²) in [5.74, 6) is 0.935. The van der Waals surface area contributed by atoms with Crippen LogP contribution in [-0.4, -0.2) is 0 Å². The topological polar surface area (TPSA) is 0 Å². The Morgan fingerprint density at radius 2 is 2.17 bits per heavy atom. The fourth-order valence-electron chi connectivity index (χ4n) is 1.71. The molecule has 2 rings (SSSR count). The minimum atomic E-state index is 0.935. The van der Waals surface area contributed by atoms with Gasteiger partial charge in [0.2, 0.25) is 0 Å². The summed E-state index contributed by atoms with van der Waals surface area (Å²) >= 11 is 1.81. The van der Waals surface area contributed by atoms with Crippen molar-refractivity contribution in [3.8, 4) is 0 Å². The number of hydrogen-bond acceptors (Lipinski definition) is 1. The highest BCUT2D eigenvalue weighted by atomic mass is 32.1. The first-order chi connectivity index (χ1) is 5.95. The third-order valence-corrected chi connectivity index (χ3v) is 3.26. The molecule has 0 spiro atoms. The summed E-state index contributed by atoms with van der Waals surface area (Å²) in [4.78, 5) is 0. The van der Waals surface area contributed by atoms with Crippen LogP contribution < -0.4 is 0 Å². The average Bonchev–Trinajstić information content (AvgIpc) is 2.74. The summed E-state index contributed by atoms with van der Waals surface area (Å²) < 4.78 is 0. The Balaban J connectivity index is 1.75. The highest BCUT2D eigenvalue weighted by molar-refractivity contribution is 7.07. The lowest BCUT2D eigenvalue weighted by Gasteiger charge is -2.06. The predicted octanol–water partition coefficient (Wildman–Crippen LogP) is 3.65. The summed E-state index contributed by atoms with van der Waals surface area (Å²) in [5.41, 5.74) is 1.52. The Morgan fingerprint density at radius 1 is 1.33 bits per heavy atom. The maximum atomic E-state index is 2.32. The van der Waals surface area contributed by atoms with Crippen molar-refractivity contribution in [1.82, 2.24) is 0 Å². The smallest absolute Gasteiger partial charge is 0.00613 e. The van der Waals surface area contributed by atoms with Crippen LogP contribution in [0.15, 0.2) is 29.0 Å². The van der Waals surface area contributed by atoms with Crippen molar-refractivity contribution in [2.24, 2.45) is 5.92 Å². The molecule has 0 saturated carbocycles. The molecule has 64 valence electrons. The third-order valence-electron chi connectivity index (χ3n) is 2.53. The standard InChI is InChI=1S/C11H14S/c1-2-4-10(3-1)5-6-11-7-8-12-9-11/h1-2,7-10H,3-6H2. The Morgan fingerprint density at radius 3 is 2.83 bits per heavy atom. The first-order valence-electron chi connectivity index (χ1n) is 4.61. The molecule has 0 saturated heterocycles. The van der Waals surface area contributed by atoms with Crippen LogP contribution in [0.5, 0.6) is 0 Å². The number of hydrogen-bond donors (Lipinski definition) is 0. The van der Waals surface area contributed by atoms with Crippen molar-refractivity contribution >= 4 is 11.3 Å². The van der Waals surface area contributed by atoms with Crippen LogP contribution in [0.3, 0.4) is 0 Å². The molecule has 0 aromatic carbocycles. The molecule has 1 aliphatic carbocycles. The molecule has 1 aliphatic rings. The molecule has 0 atom stereocenters. The Labute approximate surface area is 77.9 Å². The summed E-state index contributed by atoms with van der Waals surface area (Å²) in [6, 6.07) is 2.24. The second kappa shape index (κ2) is 3.90. The van der Waals surface area contributed by atoms with Gasteiger partial charge in [0.25, 0.3) is 0 Å². The van der Waals surface area contributed by atoms with Crippen molar-refractivity contribution in [2.45, 2.75) is 25.7 Å². The van der Waals surface area contributed by atoms with Gasteiger partial charge in [-0.2, -0.15) is 11.3 Å². The van der Waals surface area contributed by atoms with Crippen LogP contribution in [0, 0.1) is 5.92 Å². The van der Waals surface area contributed by atoms with Gasteiger partial charge in [-0.15, -0.1) is 0 Å². The molecular weight excluding hydrogens is 164 g/mol. The fourth-order valence-corrected chi connectivity index (χ4v) is 2.42. The summed E-state index contributed by atoms with van der Waals surface area (Å²) in [6.07, 6.45) is 9.89. The molecule has 0 N–H and O–H groups in total. The lowest BCUT2D eigenvalue weighted by molar-refractivity contribution is 0.522. The molecule has 0 nitrogen and oxygen atoms in total. The number of rotatable bonds is 3. The van der Waals surface area contributed by atoms with Crippen LogP contribution in [0.1, 0.15) is 24.8 Å². The monoisotopic (exact) mass is 178 g/mol. The van der Waals surface area contributed by atoms with Crippen molar-refractivity contribution < 1.29 is 0 Å². The van der Waals surface area contributed by atoms with E-state index >= 15 is 0 Å². The van der Waals surface area contributed by atoms with Crippen LogP contribution in [0.25, 0.3) is 0 Å². The van der Waals surface area contributed by atoms with Crippen LogP contribution in [0.4, 0.5) is 0 Å². The molecule has 0 aliphatic heterocycles. The van der Waals surface area contributed by atoms with Crippen molar-refractivity contribution in [1.29, 1.82) is 0 Å². The molecule has 0 fully saturated rings. The van der Waals surface area contributed by atoms with Crippen molar-refractivity contribution in [3.05, 3.63) is 34.5 Å². The zero-order valence-electron chi connectivity index (χ0n) is 7.20. The molecular formula is C11H14S. The normalized spacial score (nSPS) is 17.3. The zero-order chi connectivity index (χ0) is 8.23. The van der Waals surface area contributed by atoms with Crippen molar-refractivity contribution in [3.63, 3.8) is 0 Å². The first kappa shape index (κ1) is 8.06. The van der Waals surface area contributed by atoms with E-state index in [2.05, 4.69) is 29.0 Å². The van der Waals surface area contributed by atoms with Crippen LogP contribution in [0.2, 0.25) is 0 Å². The second-order valence-corrected chi connectivity index (χ2v) is 4.26. The SMILES string of the molecule is C1=CCC(CCc2ccsc2)C1. The molecule has 1 aromatic rings. The van der Waals surface area contributed by atoms with Gasteiger partial charge in [0.1, 0.15) is 0 Å². The minimum absolute atomic E-state index is 0.935. The van der Waals surface area contributed by atoms with E-state index in [0.717, 1.165) is 5.92 Å². The highest BCUT2D eigenvalue weighted by Gasteiger charge is 2.09. The largest absolute Gasteiger partial charge is 0.152 e. The lowest BCUT2D eigenvalue weighted by Crippen LogP contribution is -1.95.